The Balaban J connectivity index is 1.50. The maximum Gasteiger partial charge on any atom is 0.255 e. The van der Waals surface area contributed by atoms with Gasteiger partial charge in [-0.3, -0.25) is 4.79 Å². The third kappa shape index (κ3) is 4.79. The van der Waals surface area contributed by atoms with Crippen molar-refractivity contribution in [2.24, 2.45) is 0 Å². The Morgan fingerprint density at radius 1 is 1.00 bits per heavy atom. The summed E-state index contributed by atoms with van der Waals surface area (Å²) in [7, 11) is 0. The second-order valence-corrected chi connectivity index (χ2v) is 8.33. The van der Waals surface area contributed by atoms with Crippen LogP contribution in [-0.2, 0) is 11.4 Å². The van der Waals surface area contributed by atoms with Gasteiger partial charge in [-0.2, -0.15) is 10.1 Å². The lowest BCUT2D eigenvalue weighted by Crippen LogP contribution is -2.31. The van der Waals surface area contributed by atoms with E-state index in [1.807, 2.05) is 92.7 Å². The fraction of sp³-hybridized carbons (Fsp3) is 0.179. The summed E-state index contributed by atoms with van der Waals surface area (Å²) in [5, 5.41) is 10.6. The first-order valence-electron chi connectivity index (χ1n) is 11.8. The van der Waals surface area contributed by atoms with Gasteiger partial charge in [-0.25, -0.2) is 4.68 Å². The lowest BCUT2D eigenvalue weighted by molar-refractivity contribution is -0.113. The molecule has 4 aromatic rings. The Labute approximate surface area is 209 Å². The van der Waals surface area contributed by atoms with E-state index in [-0.39, 0.29) is 5.91 Å². The second-order valence-electron chi connectivity index (χ2n) is 8.33. The van der Waals surface area contributed by atoms with Crippen molar-refractivity contribution in [2.75, 3.05) is 17.2 Å². The van der Waals surface area contributed by atoms with Crippen molar-refractivity contribution in [3.8, 4) is 11.5 Å². The third-order valence-electron chi connectivity index (χ3n) is 5.89. The summed E-state index contributed by atoms with van der Waals surface area (Å²) in [6, 6.07) is 24.6. The molecule has 2 heterocycles. The van der Waals surface area contributed by atoms with Gasteiger partial charge in [-0.15, -0.1) is 0 Å². The van der Waals surface area contributed by atoms with Crippen LogP contribution in [0, 0.1) is 0 Å². The number of carbonyl (C=O) groups is 1. The first-order valence-corrected chi connectivity index (χ1v) is 11.8. The van der Waals surface area contributed by atoms with E-state index in [9.17, 15) is 4.79 Å². The van der Waals surface area contributed by atoms with E-state index < -0.39 is 6.04 Å². The normalized spacial score (nSPS) is 14.6. The molecule has 1 atom stereocenters. The van der Waals surface area contributed by atoms with Crippen LogP contribution in [-0.4, -0.2) is 27.3 Å². The highest BCUT2D eigenvalue weighted by atomic mass is 16.5. The van der Waals surface area contributed by atoms with E-state index in [0.717, 1.165) is 11.1 Å². The van der Waals surface area contributed by atoms with E-state index >= 15 is 0 Å². The summed E-state index contributed by atoms with van der Waals surface area (Å²) in [6.45, 7) is 4.69. The largest absolute Gasteiger partial charge is 0.490 e. The lowest BCUT2D eigenvalue weighted by atomic mass is 9.94. The van der Waals surface area contributed by atoms with E-state index in [1.54, 1.807) is 4.68 Å². The van der Waals surface area contributed by atoms with Crippen LogP contribution in [0.3, 0.4) is 0 Å². The number of aromatic nitrogens is 3. The zero-order valence-electron chi connectivity index (χ0n) is 20.1. The number of allylic oxidation sites excluding steroid dienone is 1. The molecule has 3 aromatic carbocycles. The Morgan fingerprint density at radius 3 is 2.50 bits per heavy atom. The van der Waals surface area contributed by atoms with Crippen LogP contribution in [0.4, 0.5) is 11.6 Å². The van der Waals surface area contributed by atoms with Crippen LogP contribution >= 0.6 is 0 Å². The molecule has 182 valence electrons. The number of rotatable bonds is 8. The van der Waals surface area contributed by atoms with Gasteiger partial charge in [0, 0.05) is 11.4 Å². The number of amides is 1. The summed E-state index contributed by atoms with van der Waals surface area (Å²) >= 11 is 0. The molecule has 8 nitrogen and oxygen atoms in total. The molecule has 0 fully saturated rings. The van der Waals surface area contributed by atoms with Crippen LogP contribution in [0.1, 0.15) is 31.0 Å². The van der Waals surface area contributed by atoms with Crippen LogP contribution in [0.15, 0.2) is 96.5 Å². The number of hydrogen-bond donors (Lipinski definition) is 2. The summed E-state index contributed by atoms with van der Waals surface area (Å²) in [5.41, 5.74) is 3.85. The van der Waals surface area contributed by atoms with Crippen molar-refractivity contribution in [3.05, 3.63) is 108 Å². The van der Waals surface area contributed by atoms with Crippen LogP contribution in [0.25, 0.3) is 0 Å². The second kappa shape index (κ2) is 10.4. The van der Waals surface area contributed by atoms with E-state index in [2.05, 4.69) is 20.7 Å². The van der Waals surface area contributed by atoms with E-state index in [4.69, 9.17) is 9.47 Å². The van der Waals surface area contributed by atoms with Crippen LogP contribution < -0.4 is 20.1 Å². The predicted molar refractivity (Wildman–Crippen MR) is 138 cm³/mol. The minimum atomic E-state index is -0.505. The first kappa shape index (κ1) is 23.2. The standard InChI is InChI=1S/C28H27N5O3/c1-3-35-24-16-21(14-15-23(24)36-17-20-10-6-4-7-11-20)26-25(19(2)31-28-29-18-30-33(26)28)27(34)32-22-12-8-5-9-13-22/h4-16,18,26H,3,17H2,1-2H3,(H,32,34)(H,29,30,31)/t26-/m1/s1. The molecule has 0 radical (unpaired) electrons. The fourth-order valence-electron chi connectivity index (χ4n) is 4.23. The van der Waals surface area contributed by atoms with Crippen LogP contribution in [0.5, 0.6) is 11.5 Å². The van der Waals surface area contributed by atoms with Gasteiger partial charge in [-0.05, 0) is 49.2 Å². The molecular weight excluding hydrogens is 454 g/mol. The van der Waals surface area contributed by atoms with Gasteiger partial charge in [0.25, 0.3) is 5.91 Å². The summed E-state index contributed by atoms with van der Waals surface area (Å²) in [6.07, 6.45) is 1.47. The molecule has 5 rings (SSSR count). The van der Waals surface area contributed by atoms with Gasteiger partial charge < -0.3 is 20.1 Å². The molecule has 0 saturated carbocycles. The number of carbonyl (C=O) groups excluding carboxylic acids is 1. The van der Waals surface area contributed by atoms with E-state index in [0.29, 0.717) is 47.6 Å². The Bertz CT molecular complexity index is 1380. The predicted octanol–water partition coefficient (Wildman–Crippen LogP) is 5.18. The first-order chi connectivity index (χ1) is 17.6. The quantitative estimate of drug-likeness (QED) is 0.360. The number of anilines is 2. The van der Waals surface area contributed by atoms with Crippen molar-refractivity contribution >= 4 is 17.5 Å². The highest BCUT2D eigenvalue weighted by Gasteiger charge is 2.34. The van der Waals surface area contributed by atoms with Crippen molar-refractivity contribution < 1.29 is 14.3 Å². The smallest absolute Gasteiger partial charge is 0.255 e. The molecule has 1 aromatic heterocycles. The monoisotopic (exact) mass is 481 g/mol. The molecule has 8 heteroatoms. The maximum absolute atomic E-state index is 13.5. The molecule has 1 aliphatic rings. The minimum absolute atomic E-state index is 0.222. The van der Waals surface area contributed by atoms with Gasteiger partial charge in [-0.1, -0.05) is 54.6 Å². The summed E-state index contributed by atoms with van der Waals surface area (Å²) in [4.78, 5) is 17.8. The van der Waals surface area contributed by atoms with Gasteiger partial charge in [0.05, 0.1) is 12.2 Å². The minimum Gasteiger partial charge on any atom is -0.490 e. The molecule has 2 N–H and O–H groups in total. The number of para-hydroxylation sites is 1. The zero-order chi connectivity index (χ0) is 24.9. The van der Waals surface area contributed by atoms with Crippen molar-refractivity contribution in [1.82, 2.24) is 14.8 Å². The van der Waals surface area contributed by atoms with Crippen molar-refractivity contribution in [1.29, 1.82) is 0 Å². The average molecular weight is 482 g/mol. The van der Waals surface area contributed by atoms with Crippen LogP contribution in [0.2, 0.25) is 0 Å². The zero-order valence-corrected chi connectivity index (χ0v) is 20.1. The molecule has 0 saturated heterocycles. The Hall–Kier alpha value is -4.59. The molecule has 1 amide bonds. The molecule has 0 bridgehead atoms. The number of ether oxygens (including phenoxy) is 2. The summed E-state index contributed by atoms with van der Waals surface area (Å²) < 4.78 is 13.7. The maximum atomic E-state index is 13.5. The molecular formula is C28H27N5O3. The number of hydrogen-bond acceptors (Lipinski definition) is 6. The SMILES string of the molecule is CCOc1cc([C@@H]2C(C(=O)Nc3ccccc3)=C(C)Nc3ncnn32)ccc1OCc1ccccc1. The van der Waals surface area contributed by atoms with Gasteiger partial charge in [0.1, 0.15) is 19.0 Å². The van der Waals surface area contributed by atoms with Crippen molar-refractivity contribution in [3.63, 3.8) is 0 Å². The Morgan fingerprint density at radius 2 is 1.75 bits per heavy atom. The Kier molecular flexibility index (Phi) is 6.66. The van der Waals surface area contributed by atoms with Gasteiger partial charge in [0.15, 0.2) is 11.5 Å². The van der Waals surface area contributed by atoms with E-state index in [1.165, 1.54) is 6.33 Å². The lowest BCUT2D eigenvalue weighted by Gasteiger charge is -2.29. The number of benzene rings is 3. The highest BCUT2D eigenvalue weighted by molar-refractivity contribution is 6.06. The molecule has 0 aliphatic carbocycles. The number of nitrogens with zero attached hydrogens (tertiary/aromatic N) is 3. The van der Waals surface area contributed by atoms with Gasteiger partial charge >= 0.3 is 0 Å². The number of nitrogens with one attached hydrogen (secondary N) is 2. The topological polar surface area (TPSA) is 90.3 Å². The third-order valence-corrected chi connectivity index (χ3v) is 5.89. The molecule has 0 unspecified atom stereocenters. The highest BCUT2D eigenvalue weighted by Crippen LogP contribution is 2.39. The average Bonchev–Trinajstić information content (AvgIpc) is 3.36. The number of fused-ring (bicyclic) bond motifs is 1. The molecule has 1 aliphatic heterocycles. The summed E-state index contributed by atoms with van der Waals surface area (Å²) in [5.74, 6) is 1.58. The van der Waals surface area contributed by atoms with Gasteiger partial charge in [0.2, 0.25) is 5.95 Å². The molecule has 0 spiro atoms. The molecule has 36 heavy (non-hydrogen) atoms. The van der Waals surface area contributed by atoms with Crippen molar-refractivity contribution in [2.45, 2.75) is 26.5 Å². The fourth-order valence-corrected chi connectivity index (χ4v) is 4.23.